The number of hydrogen-bond acceptors (Lipinski definition) is 2. The zero-order valence-electron chi connectivity index (χ0n) is 13.3. The molecule has 4 heteroatoms. The van der Waals surface area contributed by atoms with Crippen molar-refractivity contribution in [3.8, 4) is 0 Å². The van der Waals surface area contributed by atoms with Gasteiger partial charge in [-0.15, -0.1) is 0 Å². The minimum Gasteiger partial charge on any atom is -0.309 e. The molecule has 0 aliphatic carbocycles. The van der Waals surface area contributed by atoms with Gasteiger partial charge in [0.1, 0.15) is 0 Å². The summed E-state index contributed by atoms with van der Waals surface area (Å²) in [6.07, 6.45) is 3.29. The van der Waals surface area contributed by atoms with Crippen LogP contribution in [0.4, 0.5) is 8.78 Å². The van der Waals surface area contributed by atoms with Crippen LogP contribution in [0.1, 0.15) is 51.6 Å². The number of likely N-dealkylation sites (tertiary alicyclic amines) is 1. The summed E-state index contributed by atoms with van der Waals surface area (Å²) in [6.45, 7) is 9.06. The molecule has 1 heterocycles. The monoisotopic (exact) mass is 296 g/mol. The molecule has 1 atom stereocenters. The fourth-order valence-corrected chi connectivity index (χ4v) is 3.10. The molecule has 2 rings (SSSR count). The van der Waals surface area contributed by atoms with Gasteiger partial charge in [0.05, 0.1) is 0 Å². The first-order chi connectivity index (χ1) is 9.95. The fourth-order valence-electron chi connectivity index (χ4n) is 3.10. The first kappa shape index (κ1) is 16.4. The second kappa shape index (κ2) is 6.84. The van der Waals surface area contributed by atoms with Gasteiger partial charge in [-0.2, -0.15) is 0 Å². The normalized spacial score (nSPS) is 19.9. The quantitative estimate of drug-likeness (QED) is 0.857. The second-order valence-corrected chi connectivity index (χ2v) is 6.51. The van der Waals surface area contributed by atoms with Crippen molar-refractivity contribution in [2.45, 2.75) is 51.6 Å². The van der Waals surface area contributed by atoms with E-state index in [0.29, 0.717) is 12.1 Å². The Labute approximate surface area is 126 Å². The van der Waals surface area contributed by atoms with Crippen LogP contribution in [-0.4, -0.2) is 30.1 Å². The lowest BCUT2D eigenvalue weighted by molar-refractivity contribution is 0.155. The second-order valence-electron chi connectivity index (χ2n) is 6.51. The summed E-state index contributed by atoms with van der Waals surface area (Å²) >= 11 is 0. The lowest BCUT2D eigenvalue weighted by Gasteiger charge is -2.35. The maximum Gasteiger partial charge on any atom is 0.163 e. The molecule has 1 N–H and O–H groups in total. The zero-order chi connectivity index (χ0) is 15.5. The molecule has 1 saturated heterocycles. The zero-order valence-corrected chi connectivity index (χ0v) is 13.3. The predicted octanol–water partition coefficient (Wildman–Crippen LogP) is 3.88. The molecule has 2 nitrogen and oxygen atoms in total. The smallest absolute Gasteiger partial charge is 0.163 e. The summed E-state index contributed by atoms with van der Waals surface area (Å²) in [7, 11) is 0. The molecule has 0 aromatic heterocycles. The molecule has 1 unspecified atom stereocenters. The van der Waals surface area contributed by atoms with E-state index in [1.54, 1.807) is 12.1 Å². The van der Waals surface area contributed by atoms with Crippen LogP contribution in [0.5, 0.6) is 0 Å². The van der Waals surface area contributed by atoms with E-state index < -0.39 is 11.6 Å². The maximum absolute atomic E-state index is 14.1. The van der Waals surface area contributed by atoms with Crippen LogP contribution in [-0.2, 0) is 0 Å². The topological polar surface area (TPSA) is 15.3 Å². The van der Waals surface area contributed by atoms with Crippen LogP contribution in [0.2, 0.25) is 0 Å². The van der Waals surface area contributed by atoms with Crippen molar-refractivity contribution in [3.05, 3.63) is 35.4 Å². The van der Waals surface area contributed by atoms with Gasteiger partial charge in [-0.1, -0.05) is 19.1 Å². The molecular formula is C17H26F2N2. The lowest BCUT2D eigenvalue weighted by atomic mass is 9.99. The van der Waals surface area contributed by atoms with Gasteiger partial charge in [-0.25, -0.2) is 8.78 Å². The van der Waals surface area contributed by atoms with Crippen molar-refractivity contribution in [1.82, 2.24) is 10.2 Å². The molecule has 1 aliphatic rings. The Morgan fingerprint density at radius 2 is 2.10 bits per heavy atom. The van der Waals surface area contributed by atoms with E-state index in [2.05, 4.69) is 31.0 Å². The average Bonchev–Trinajstić information content (AvgIpc) is 2.77. The first-order valence-electron chi connectivity index (χ1n) is 7.88. The van der Waals surface area contributed by atoms with Crippen LogP contribution in [0, 0.1) is 11.6 Å². The Hall–Kier alpha value is -1.00. The highest BCUT2D eigenvalue weighted by Crippen LogP contribution is 2.31. The molecule has 0 bridgehead atoms. The third kappa shape index (κ3) is 3.80. The molecule has 1 aromatic carbocycles. The van der Waals surface area contributed by atoms with Crippen molar-refractivity contribution in [2.24, 2.45) is 0 Å². The van der Waals surface area contributed by atoms with Gasteiger partial charge in [0.25, 0.3) is 0 Å². The highest BCUT2D eigenvalue weighted by atomic mass is 19.2. The highest BCUT2D eigenvalue weighted by Gasteiger charge is 2.34. The van der Waals surface area contributed by atoms with Gasteiger partial charge < -0.3 is 5.32 Å². The standard InChI is InChI=1S/C17H26F2N2/c1-4-10-20-15(12-21-11-6-9-17(21,2)3)13-7-5-8-14(18)16(13)19/h5,7-8,15,20H,4,6,9-12H2,1-3H3. The number of rotatable bonds is 6. The Kier molecular flexibility index (Phi) is 5.33. The van der Waals surface area contributed by atoms with Crippen LogP contribution in [0.25, 0.3) is 0 Å². The van der Waals surface area contributed by atoms with Gasteiger partial charge in [0.2, 0.25) is 0 Å². The molecule has 118 valence electrons. The summed E-state index contributed by atoms with van der Waals surface area (Å²) in [5.74, 6) is -1.49. The van der Waals surface area contributed by atoms with E-state index in [1.165, 1.54) is 12.5 Å². The first-order valence-corrected chi connectivity index (χ1v) is 7.88. The molecule has 0 radical (unpaired) electrons. The maximum atomic E-state index is 14.1. The van der Waals surface area contributed by atoms with Crippen molar-refractivity contribution < 1.29 is 8.78 Å². The summed E-state index contributed by atoms with van der Waals surface area (Å²) in [5.41, 5.74) is 0.571. The number of nitrogens with zero attached hydrogens (tertiary/aromatic N) is 1. The van der Waals surface area contributed by atoms with Crippen LogP contribution in [0.15, 0.2) is 18.2 Å². The van der Waals surface area contributed by atoms with Crippen LogP contribution in [0.3, 0.4) is 0 Å². The van der Waals surface area contributed by atoms with E-state index in [0.717, 1.165) is 25.9 Å². The summed E-state index contributed by atoms with van der Waals surface area (Å²) < 4.78 is 27.6. The highest BCUT2D eigenvalue weighted by molar-refractivity contribution is 5.23. The molecule has 1 fully saturated rings. The van der Waals surface area contributed by atoms with Gasteiger partial charge in [-0.05, 0) is 52.3 Å². The molecular weight excluding hydrogens is 270 g/mol. The number of benzene rings is 1. The molecule has 0 spiro atoms. The Balaban J connectivity index is 2.20. The van der Waals surface area contributed by atoms with Crippen molar-refractivity contribution >= 4 is 0 Å². The average molecular weight is 296 g/mol. The molecule has 1 aromatic rings. The molecule has 0 amide bonds. The van der Waals surface area contributed by atoms with E-state index in [-0.39, 0.29) is 11.6 Å². The largest absolute Gasteiger partial charge is 0.309 e. The SMILES string of the molecule is CCCNC(CN1CCCC1(C)C)c1cccc(F)c1F. The fraction of sp³-hybridized carbons (Fsp3) is 0.647. The van der Waals surface area contributed by atoms with Crippen LogP contribution >= 0.6 is 0 Å². The third-order valence-electron chi connectivity index (χ3n) is 4.47. The van der Waals surface area contributed by atoms with Gasteiger partial charge >= 0.3 is 0 Å². The van der Waals surface area contributed by atoms with Gasteiger partial charge in [0.15, 0.2) is 11.6 Å². The van der Waals surface area contributed by atoms with E-state index in [4.69, 9.17) is 0 Å². The van der Waals surface area contributed by atoms with Crippen LogP contribution < -0.4 is 5.32 Å². The Morgan fingerprint density at radius 3 is 2.71 bits per heavy atom. The predicted molar refractivity (Wildman–Crippen MR) is 82.3 cm³/mol. The summed E-state index contributed by atoms with van der Waals surface area (Å²) in [5, 5.41) is 3.37. The van der Waals surface area contributed by atoms with Gasteiger partial charge in [0, 0.05) is 23.7 Å². The summed E-state index contributed by atoms with van der Waals surface area (Å²) in [6, 6.07) is 4.28. The van der Waals surface area contributed by atoms with E-state index >= 15 is 0 Å². The van der Waals surface area contributed by atoms with Crippen molar-refractivity contribution in [3.63, 3.8) is 0 Å². The van der Waals surface area contributed by atoms with Crippen molar-refractivity contribution in [2.75, 3.05) is 19.6 Å². The molecule has 21 heavy (non-hydrogen) atoms. The number of halogens is 2. The Morgan fingerprint density at radius 1 is 1.33 bits per heavy atom. The molecule has 1 aliphatic heterocycles. The number of nitrogens with one attached hydrogen (secondary N) is 1. The lowest BCUT2D eigenvalue weighted by Crippen LogP contribution is -2.43. The minimum atomic E-state index is -0.767. The summed E-state index contributed by atoms with van der Waals surface area (Å²) in [4.78, 5) is 2.38. The van der Waals surface area contributed by atoms with E-state index in [1.807, 2.05) is 0 Å². The third-order valence-corrected chi connectivity index (χ3v) is 4.47. The van der Waals surface area contributed by atoms with Crippen molar-refractivity contribution in [1.29, 1.82) is 0 Å². The Bertz CT molecular complexity index is 474. The minimum absolute atomic E-state index is 0.135. The molecule has 0 saturated carbocycles. The van der Waals surface area contributed by atoms with E-state index in [9.17, 15) is 8.78 Å². The number of hydrogen-bond donors (Lipinski definition) is 1. The van der Waals surface area contributed by atoms with Gasteiger partial charge in [-0.3, -0.25) is 4.90 Å².